The van der Waals surface area contributed by atoms with Gasteiger partial charge in [0.25, 0.3) is 0 Å². The van der Waals surface area contributed by atoms with Gasteiger partial charge in [-0.05, 0) is 38.9 Å². The zero-order valence-corrected chi connectivity index (χ0v) is 12.4. The fraction of sp³-hybridized carbons (Fsp3) is 0.929. The van der Waals surface area contributed by atoms with Gasteiger partial charge in [-0.25, -0.2) is 0 Å². The van der Waals surface area contributed by atoms with Gasteiger partial charge < -0.3 is 15.1 Å². The summed E-state index contributed by atoms with van der Waals surface area (Å²) in [7, 11) is 3.69. The van der Waals surface area contributed by atoms with Crippen LogP contribution in [0, 0.1) is 0 Å². The van der Waals surface area contributed by atoms with Crippen LogP contribution in [0.15, 0.2) is 0 Å². The first kappa shape index (κ1) is 14.8. The van der Waals surface area contributed by atoms with E-state index in [1.807, 2.05) is 14.1 Å². The van der Waals surface area contributed by atoms with Crippen molar-refractivity contribution in [3.63, 3.8) is 0 Å². The van der Waals surface area contributed by atoms with Crippen LogP contribution in [0.4, 0.5) is 0 Å². The molecule has 1 atom stereocenters. The minimum Gasteiger partial charge on any atom is -0.347 e. The molecule has 2 rings (SSSR count). The molecule has 2 heterocycles. The Hall–Kier alpha value is -0.650. The number of carbonyl (C=O) groups excluding carboxylic acids is 1. The van der Waals surface area contributed by atoms with E-state index in [0.29, 0.717) is 0 Å². The molecule has 0 aliphatic carbocycles. The summed E-state index contributed by atoms with van der Waals surface area (Å²) in [5, 5.41) is 3.33. The second-order valence-electron chi connectivity index (χ2n) is 5.89. The largest absolute Gasteiger partial charge is 0.347 e. The molecule has 1 unspecified atom stereocenters. The molecule has 19 heavy (non-hydrogen) atoms. The molecule has 1 amide bonds. The van der Waals surface area contributed by atoms with Gasteiger partial charge in [-0.15, -0.1) is 0 Å². The first-order valence-corrected chi connectivity index (χ1v) is 7.57. The van der Waals surface area contributed by atoms with Crippen LogP contribution < -0.4 is 5.32 Å². The maximum Gasteiger partial charge on any atom is 0.240 e. The van der Waals surface area contributed by atoms with Crippen molar-refractivity contribution in [2.45, 2.75) is 25.3 Å². The van der Waals surface area contributed by atoms with Gasteiger partial charge in [0.15, 0.2) is 0 Å². The molecule has 5 nitrogen and oxygen atoms in total. The molecule has 2 saturated heterocycles. The standard InChI is InChI=1S/C14H28N4O/c1-16(2)14(19)13-12-15-6-11-18(13)10-5-9-17-7-3-4-8-17/h13,15H,3-12H2,1-2H3. The second kappa shape index (κ2) is 7.22. The maximum atomic E-state index is 12.2. The monoisotopic (exact) mass is 268 g/mol. The molecule has 2 aliphatic rings. The van der Waals surface area contributed by atoms with E-state index in [1.54, 1.807) is 4.90 Å². The molecule has 0 aromatic heterocycles. The molecule has 110 valence electrons. The summed E-state index contributed by atoms with van der Waals surface area (Å²) in [5.74, 6) is 0.230. The highest BCUT2D eigenvalue weighted by atomic mass is 16.2. The lowest BCUT2D eigenvalue weighted by atomic mass is 10.1. The topological polar surface area (TPSA) is 38.8 Å². The zero-order chi connectivity index (χ0) is 13.7. The highest BCUT2D eigenvalue weighted by molar-refractivity contribution is 5.81. The van der Waals surface area contributed by atoms with E-state index in [4.69, 9.17) is 0 Å². The summed E-state index contributed by atoms with van der Waals surface area (Å²) in [6, 6.07) is 0.0299. The predicted molar refractivity (Wildman–Crippen MR) is 77.2 cm³/mol. The minimum absolute atomic E-state index is 0.0299. The molecule has 2 fully saturated rings. The van der Waals surface area contributed by atoms with Gasteiger partial charge in [0, 0.05) is 40.3 Å². The van der Waals surface area contributed by atoms with Gasteiger partial charge in [0.1, 0.15) is 6.04 Å². The van der Waals surface area contributed by atoms with Crippen molar-refractivity contribution < 1.29 is 4.79 Å². The fourth-order valence-corrected chi connectivity index (χ4v) is 3.06. The lowest BCUT2D eigenvalue weighted by molar-refractivity contribution is -0.135. The van der Waals surface area contributed by atoms with Gasteiger partial charge in [-0.1, -0.05) is 0 Å². The molecule has 0 saturated carbocycles. The van der Waals surface area contributed by atoms with Crippen LogP contribution in [-0.4, -0.2) is 86.6 Å². The van der Waals surface area contributed by atoms with Gasteiger partial charge >= 0.3 is 0 Å². The lowest BCUT2D eigenvalue weighted by Gasteiger charge is -2.36. The molecule has 5 heteroatoms. The van der Waals surface area contributed by atoms with Gasteiger partial charge in [0.2, 0.25) is 5.91 Å². The van der Waals surface area contributed by atoms with Crippen LogP contribution in [0.5, 0.6) is 0 Å². The maximum absolute atomic E-state index is 12.2. The van der Waals surface area contributed by atoms with Crippen molar-refractivity contribution in [2.24, 2.45) is 0 Å². The number of piperazine rings is 1. The number of nitrogens with one attached hydrogen (secondary N) is 1. The van der Waals surface area contributed by atoms with Gasteiger partial charge in [0.05, 0.1) is 0 Å². The normalized spacial score (nSPS) is 25.7. The molecule has 0 aromatic carbocycles. The molecule has 0 spiro atoms. The highest BCUT2D eigenvalue weighted by Crippen LogP contribution is 2.10. The van der Waals surface area contributed by atoms with E-state index in [1.165, 1.54) is 38.9 Å². The minimum atomic E-state index is 0.0299. The Morgan fingerprint density at radius 1 is 1.21 bits per heavy atom. The summed E-state index contributed by atoms with van der Waals surface area (Å²) in [5.41, 5.74) is 0. The Bertz CT molecular complexity index is 289. The van der Waals surface area contributed by atoms with Crippen molar-refractivity contribution in [3.05, 3.63) is 0 Å². The van der Waals surface area contributed by atoms with E-state index in [0.717, 1.165) is 26.2 Å². The Morgan fingerprint density at radius 3 is 2.63 bits per heavy atom. The average molecular weight is 268 g/mol. The number of rotatable bonds is 5. The van der Waals surface area contributed by atoms with Crippen LogP contribution in [0.25, 0.3) is 0 Å². The van der Waals surface area contributed by atoms with Crippen LogP contribution in [0.3, 0.4) is 0 Å². The van der Waals surface area contributed by atoms with E-state index in [2.05, 4.69) is 15.1 Å². The fourth-order valence-electron chi connectivity index (χ4n) is 3.06. The Morgan fingerprint density at radius 2 is 1.95 bits per heavy atom. The van der Waals surface area contributed by atoms with Crippen LogP contribution in [-0.2, 0) is 4.79 Å². The van der Waals surface area contributed by atoms with Crippen molar-refractivity contribution in [3.8, 4) is 0 Å². The zero-order valence-electron chi connectivity index (χ0n) is 12.4. The molecule has 0 radical (unpaired) electrons. The number of carbonyl (C=O) groups is 1. The SMILES string of the molecule is CN(C)C(=O)C1CNCCN1CCCN1CCCC1. The highest BCUT2D eigenvalue weighted by Gasteiger charge is 2.29. The molecular weight excluding hydrogens is 240 g/mol. The number of hydrogen-bond acceptors (Lipinski definition) is 4. The summed E-state index contributed by atoms with van der Waals surface area (Å²) >= 11 is 0. The van der Waals surface area contributed by atoms with Crippen molar-refractivity contribution in [1.29, 1.82) is 0 Å². The third-order valence-electron chi connectivity index (χ3n) is 4.20. The van der Waals surface area contributed by atoms with Crippen LogP contribution >= 0.6 is 0 Å². The first-order valence-electron chi connectivity index (χ1n) is 7.57. The summed E-state index contributed by atoms with van der Waals surface area (Å²) in [6.07, 6.45) is 3.89. The third kappa shape index (κ3) is 4.16. The Balaban J connectivity index is 1.76. The lowest BCUT2D eigenvalue weighted by Crippen LogP contribution is -2.57. The van der Waals surface area contributed by atoms with Crippen molar-refractivity contribution >= 4 is 5.91 Å². The van der Waals surface area contributed by atoms with Crippen LogP contribution in [0.1, 0.15) is 19.3 Å². The average Bonchev–Trinajstić information content (AvgIpc) is 2.91. The summed E-state index contributed by atoms with van der Waals surface area (Å²) < 4.78 is 0. The van der Waals surface area contributed by atoms with Gasteiger partial charge in [-0.3, -0.25) is 9.69 Å². The van der Waals surface area contributed by atoms with E-state index < -0.39 is 0 Å². The smallest absolute Gasteiger partial charge is 0.240 e. The number of likely N-dealkylation sites (N-methyl/N-ethyl adjacent to an activating group) is 1. The Kier molecular flexibility index (Phi) is 5.60. The molecule has 2 aliphatic heterocycles. The summed E-state index contributed by atoms with van der Waals surface area (Å²) in [6.45, 7) is 7.55. The third-order valence-corrected chi connectivity index (χ3v) is 4.20. The van der Waals surface area contributed by atoms with E-state index in [9.17, 15) is 4.79 Å². The quantitative estimate of drug-likeness (QED) is 0.752. The molecule has 1 N–H and O–H groups in total. The van der Waals surface area contributed by atoms with Crippen molar-refractivity contribution in [1.82, 2.24) is 20.0 Å². The van der Waals surface area contributed by atoms with Gasteiger partial charge in [-0.2, -0.15) is 0 Å². The predicted octanol–water partition coefficient (Wildman–Crippen LogP) is -0.166. The summed E-state index contributed by atoms with van der Waals surface area (Å²) in [4.78, 5) is 18.8. The number of amides is 1. The number of nitrogens with zero attached hydrogens (tertiary/aromatic N) is 3. The van der Waals surface area contributed by atoms with Crippen LogP contribution in [0.2, 0.25) is 0 Å². The number of hydrogen-bond donors (Lipinski definition) is 1. The molecule has 0 bridgehead atoms. The molecular formula is C14H28N4O. The molecule has 0 aromatic rings. The first-order chi connectivity index (χ1) is 9.18. The number of likely N-dealkylation sites (tertiary alicyclic amines) is 1. The van der Waals surface area contributed by atoms with Crippen molar-refractivity contribution in [2.75, 3.05) is 59.9 Å². The van der Waals surface area contributed by atoms with E-state index >= 15 is 0 Å². The van der Waals surface area contributed by atoms with E-state index in [-0.39, 0.29) is 11.9 Å². The Labute approximate surface area is 116 Å². The second-order valence-corrected chi connectivity index (χ2v) is 5.89.